The summed E-state index contributed by atoms with van der Waals surface area (Å²) in [6.45, 7) is 5.88. The van der Waals surface area contributed by atoms with Crippen LogP contribution in [0.3, 0.4) is 0 Å². The number of halogens is 1. The van der Waals surface area contributed by atoms with Gasteiger partial charge in [-0.15, -0.1) is 0 Å². The molecule has 1 aliphatic heterocycles. The van der Waals surface area contributed by atoms with E-state index in [4.69, 9.17) is 0 Å². The summed E-state index contributed by atoms with van der Waals surface area (Å²) in [5, 5.41) is 2.78. The topological polar surface area (TPSA) is 81.7 Å². The molecule has 1 N–H and O–H groups in total. The summed E-state index contributed by atoms with van der Waals surface area (Å²) in [6.07, 6.45) is 3.44. The summed E-state index contributed by atoms with van der Waals surface area (Å²) in [4.78, 5) is 39.2. The minimum Gasteiger partial charge on any atom is -0.350 e. The normalized spacial score (nSPS) is 14.4. The van der Waals surface area contributed by atoms with E-state index in [1.54, 1.807) is 35.5 Å². The van der Waals surface area contributed by atoms with E-state index in [0.29, 0.717) is 19.0 Å². The van der Waals surface area contributed by atoms with Crippen LogP contribution in [0.1, 0.15) is 12.5 Å². The van der Waals surface area contributed by atoms with Crippen molar-refractivity contribution in [3.63, 3.8) is 0 Å². The number of piperazine rings is 1. The molecule has 2 aromatic rings. The summed E-state index contributed by atoms with van der Waals surface area (Å²) in [5.41, 5.74) is 0.805. The zero-order valence-electron chi connectivity index (χ0n) is 17.1. The average molecular weight is 414 g/mol. The fourth-order valence-corrected chi connectivity index (χ4v) is 3.26. The van der Waals surface area contributed by atoms with Crippen LogP contribution in [0, 0.1) is 5.82 Å². The van der Waals surface area contributed by atoms with Gasteiger partial charge in [0.1, 0.15) is 5.82 Å². The van der Waals surface area contributed by atoms with Gasteiger partial charge in [-0.2, -0.15) is 0 Å². The lowest BCUT2D eigenvalue weighted by molar-refractivity contribution is -0.136. The highest BCUT2D eigenvalue weighted by Gasteiger charge is 2.23. The van der Waals surface area contributed by atoms with Crippen LogP contribution in [0.25, 0.3) is 0 Å². The van der Waals surface area contributed by atoms with Crippen molar-refractivity contribution < 1.29 is 14.0 Å². The third kappa shape index (κ3) is 6.21. The number of nitrogens with one attached hydrogen (secondary N) is 1. The number of benzene rings is 1. The quantitative estimate of drug-likeness (QED) is 0.691. The number of carbonyl (C=O) groups excluding carboxylic acids is 2. The SMILES string of the molecule is CCN(CC(=O)NCc1ccc(F)cc1)C(=O)CN1CCN(c2ncccn2)CC1. The highest BCUT2D eigenvalue weighted by atomic mass is 19.1. The maximum atomic E-state index is 12.9. The Hall–Kier alpha value is -3.07. The number of hydrogen-bond acceptors (Lipinski definition) is 6. The summed E-state index contributed by atoms with van der Waals surface area (Å²) in [5.74, 6) is 0.0841. The van der Waals surface area contributed by atoms with E-state index in [0.717, 1.165) is 31.7 Å². The van der Waals surface area contributed by atoms with Crippen LogP contribution in [-0.4, -0.2) is 77.4 Å². The number of hydrogen-bond donors (Lipinski definition) is 1. The van der Waals surface area contributed by atoms with Crippen molar-refractivity contribution in [2.24, 2.45) is 0 Å². The molecule has 1 aliphatic rings. The summed E-state index contributed by atoms with van der Waals surface area (Å²) in [7, 11) is 0. The molecule has 0 radical (unpaired) electrons. The van der Waals surface area contributed by atoms with Crippen LogP contribution in [0.5, 0.6) is 0 Å². The van der Waals surface area contributed by atoms with Crippen molar-refractivity contribution in [3.05, 3.63) is 54.1 Å². The summed E-state index contributed by atoms with van der Waals surface area (Å²) in [6, 6.07) is 7.74. The minimum atomic E-state index is -0.315. The summed E-state index contributed by atoms with van der Waals surface area (Å²) >= 11 is 0. The van der Waals surface area contributed by atoms with Crippen molar-refractivity contribution in [1.82, 2.24) is 25.1 Å². The van der Waals surface area contributed by atoms with Crippen LogP contribution in [0.4, 0.5) is 10.3 Å². The summed E-state index contributed by atoms with van der Waals surface area (Å²) < 4.78 is 12.9. The van der Waals surface area contributed by atoms with Gasteiger partial charge in [0.2, 0.25) is 17.8 Å². The lowest BCUT2D eigenvalue weighted by Gasteiger charge is -2.35. The molecule has 160 valence electrons. The first-order chi connectivity index (χ1) is 14.5. The second-order valence-electron chi connectivity index (χ2n) is 7.12. The molecule has 0 atom stereocenters. The van der Waals surface area contributed by atoms with Crippen molar-refractivity contribution in [3.8, 4) is 0 Å². The average Bonchev–Trinajstić information content (AvgIpc) is 2.78. The third-order valence-electron chi connectivity index (χ3n) is 5.04. The number of amides is 2. The Morgan fingerprint density at radius 1 is 1.10 bits per heavy atom. The molecule has 0 bridgehead atoms. The van der Waals surface area contributed by atoms with E-state index < -0.39 is 0 Å². The maximum Gasteiger partial charge on any atom is 0.239 e. The fourth-order valence-electron chi connectivity index (χ4n) is 3.26. The Labute approximate surface area is 175 Å². The maximum absolute atomic E-state index is 12.9. The molecular formula is C21H27FN6O2. The number of carbonyl (C=O) groups is 2. The first-order valence-electron chi connectivity index (χ1n) is 10.1. The Bertz CT molecular complexity index is 825. The van der Waals surface area contributed by atoms with Crippen molar-refractivity contribution in [2.75, 3.05) is 50.7 Å². The monoisotopic (exact) mass is 414 g/mol. The molecular weight excluding hydrogens is 387 g/mol. The molecule has 1 aromatic heterocycles. The van der Waals surface area contributed by atoms with Gasteiger partial charge in [-0.25, -0.2) is 14.4 Å². The predicted molar refractivity (Wildman–Crippen MR) is 111 cm³/mol. The molecule has 0 aliphatic carbocycles. The van der Waals surface area contributed by atoms with E-state index in [9.17, 15) is 14.0 Å². The van der Waals surface area contributed by atoms with Crippen molar-refractivity contribution in [2.45, 2.75) is 13.5 Å². The fraction of sp³-hybridized carbons (Fsp3) is 0.429. The van der Waals surface area contributed by atoms with E-state index in [1.807, 2.05) is 6.92 Å². The lowest BCUT2D eigenvalue weighted by Crippen LogP contribution is -2.51. The van der Waals surface area contributed by atoms with Crippen LogP contribution in [0.15, 0.2) is 42.7 Å². The number of anilines is 1. The highest BCUT2D eigenvalue weighted by Crippen LogP contribution is 2.10. The molecule has 3 rings (SSSR count). The number of rotatable bonds is 8. The molecule has 8 nitrogen and oxygen atoms in total. The first-order valence-corrected chi connectivity index (χ1v) is 10.1. The zero-order valence-corrected chi connectivity index (χ0v) is 17.1. The van der Waals surface area contributed by atoms with Gasteiger partial charge in [0, 0.05) is 51.7 Å². The van der Waals surface area contributed by atoms with Crippen molar-refractivity contribution >= 4 is 17.8 Å². The predicted octanol–water partition coefficient (Wildman–Crippen LogP) is 0.903. The van der Waals surface area contributed by atoms with E-state index >= 15 is 0 Å². The minimum absolute atomic E-state index is 0.00828. The van der Waals surface area contributed by atoms with Crippen molar-refractivity contribution in [1.29, 1.82) is 0 Å². The van der Waals surface area contributed by atoms with Gasteiger partial charge in [-0.05, 0) is 30.7 Å². The molecule has 0 spiro atoms. The second kappa shape index (κ2) is 10.6. The molecule has 0 saturated carbocycles. The molecule has 2 heterocycles. The van der Waals surface area contributed by atoms with Gasteiger partial charge in [0.25, 0.3) is 0 Å². The lowest BCUT2D eigenvalue weighted by atomic mass is 10.2. The molecule has 0 unspecified atom stereocenters. The first kappa shape index (κ1) is 21.6. The smallest absolute Gasteiger partial charge is 0.239 e. The van der Waals surface area contributed by atoms with Gasteiger partial charge < -0.3 is 15.1 Å². The van der Waals surface area contributed by atoms with E-state index in [1.165, 1.54) is 12.1 Å². The largest absolute Gasteiger partial charge is 0.350 e. The van der Waals surface area contributed by atoms with Gasteiger partial charge in [0.15, 0.2) is 0 Å². The van der Waals surface area contributed by atoms with Gasteiger partial charge >= 0.3 is 0 Å². The second-order valence-corrected chi connectivity index (χ2v) is 7.12. The highest BCUT2D eigenvalue weighted by molar-refractivity contribution is 5.85. The molecule has 1 fully saturated rings. The van der Waals surface area contributed by atoms with Crippen LogP contribution >= 0.6 is 0 Å². The molecule has 2 amide bonds. The molecule has 1 aromatic carbocycles. The van der Waals surface area contributed by atoms with Crippen LogP contribution < -0.4 is 10.2 Å². The van der Waals surface area contributed by atoms with Gasteiger partial charge in [-0.1, -0.05) is 12.1 Å². The Morgan fingerprint density at radius 3 is 2.40 bits per heavy atom. The molecule has 9 heteroatoms. The van der Waals surface area contributed by atoms with Crippen LogP contribution in [0.2, 0.25) is 0 Å². The van der Waals surface area contributed by atoms with Crippen LogP contribution in [-0.2, 0) is 16.1 Å². The number of nitrogens with zero attached hydrogens (tertiary/aromatic N) is 5. The Balaban J connectivity index is 1.42. The Kier molecular flexibility index (Phi) is 7.67. The Morgan fingerprint density at radius 2 is 1.77 bits per heavy atom. The molecule has 30 heavy (non-hydrogen) atoms. The zero-order chi connectivity index (χ0) is 21.3. The number of aromatic nitrogens is 2. The van der Waals surface area contributed by atoms with Gasteiger partial charge in [0.05, 0.1) is 13.1 Å². The molecule has 1 saturated heterocycles. The number of likely N-dealkylation sites (N-methyl/N-ethyl adjacent to an activating group) is 1. The standard InChI is InChI=1S/C21H27FN6O2/c1-2-27(15-19(29)25-14-17-4-6-18(22)7-5-17)20(30)16-26-10-12-28(13-11-26)21-23-8-3-9-24-21/h3-9H,2,10-16H2,1H3,(H,25,29). The van der Waals surface area contributed by atoms with Gasteiger partial charge in [-0.3, -0.25) is 14.5 Å². The van der Waals surface area contributed by atoms with E-state index in [2.05, 4.69) is 25.1 Å². The van der Waals surface area contributed by atoms with E-state index in [-0.39, 0.29) is 30.7 Å². The third-order valence-corrected chi connectivity index (χ3v) is 5.04.